The van der Waals surface area contributed by atoms with E-state index in [9.17, 15) is 45.8 Å². The molecule has 1 atom stereocenters. The molecule has 5 aromatic carbocycles. The summed E-state index contributed by atoms with van der Waals surface area (Å²) in [6, 6.07) is 25.0. The summed E-state index contributed by atoms with van der Waals surface area (Å²) in [7, 11) is 0. The van der Waals surface area contributed by atoms with Gasteiger partial charge in [0.1, 0.15) is 6.04 Å². The Morgan fingerprint density at radius 2 is 1.02 bits per heavy atom. The van der Waals surface area contributed by atoms with Crippen LogP contribution in [-0.4, -0.2) is 28.9 Å². The van der Waals surface area contributed by atoms with Gasteiger partial charge in [-0.25, -0.2) is 4.79 Å². The van der Waals surface area contributed by atoms with Crippen molar-refractivity contribution in [3.8, 4) is 22.3 Å². The number of carbonyl (C=O) groups excluding carboxylic acids is 2. The van der Waals surface area contributed by atoms with Gasteiger partial charge in [0.2, 0.25) is 0 Å². The minimum Gasteiger partial charge on any atom is -0.480 e. The largest absolute Gasteiger partial charge is 0.480 e. The smallest absolute Gasteiger partial charge is 0.416 e. The van der Waals surface area contributed by atoms with Gasteiger partial charge < -0.3 is 15.7 Å². The number of halogens is 6. The van der Waals surface area contributed by atoms with Gasteiger partial charge in [0, 0.05) is 12.0 Å². The van der Waals surface area contributed by atoms with Crippen LogP contribution >= 0.6 is 0 Å². The van der Waals surface area contributed by atoms with Crippen LogP contribution < -0.4 is 10.6 Å². The average molecular weight is 733 g/mol. The van der Waals surface area contributed by atoms with Crippen molar-refractivity contribution in [2.75, 3.05) is 5.32 Å². The summed E-state index contributed by atoms with van der Waals surface area (Å²) >= 11 is 0. The molecule has 274 valence electrons. The van der Waals surface area contributed by atoms with Gasteiger partial charge in [-0.05, 0) is 87.3 Å². The molecule has 0 radical (unpaired) electrons. The first-order chi connectivity index (χ1) is 24.8. The summed E-state index contributed by atoms with van der Waals surface area (Å²) in [5, 5.41) is 15.2. The molecule has 0 heterocycles. The van der Waals surface area contributed by atoms with Crippen LogP contribution in [0.25, 0.3) is 22.3 Å². The standard InChI is InChI=1S/C41H34F6N2O4/c1-39(2,3)30-15-12-28(13-16-30)36(50)48-34-21-14-29(27-10-19-32(20-11-27)41(45,46)47)23-33(34)37(51)49-35(38(52)53)22-24-4-6-25(7-5-24)26-8-17-31(18-9-26)40(42,43)44/h4-21,23,35H,22H2,1-3H3,(H,48,50)(H,49,51)(H,52,53). The fraction of sp³-hybridized carbons (Fsp3) is 0.195. The van der Waals surface area contributed by atoms with Crippen molar-refractivity contribution >= 4 is 23.5 Å². The van der Waals surface area contributed by atoms with E-state index in [0.717, 1.165) is 29.8 Å². The van der Waals surface area contributed by atoms with Gasteiger partial charge >= 0.3 is 18.3 Å². The van der Waals surface area contributed by atoms with Crippen LogP contribution in [0.2, 0.25) is 0 Å². The zero-order valence-corrected chi connectivity index (χ0v) is 28.7. The maximum absolute atomic E-state index is 13.8. The first kappa shape index (κ1) is 38.3. The number of nitrogens with one attached hydrogen (secondary N) is 2. The number of anilines is 1. The van der Waals surface area contributed by atoms with Crippen LogP contribution in [-0.2, 0) is 29.0 Å². The molecule has 0 bridgehead atoms. The number of hydrogen-bond acceptors (Lipinski definition) is 3. The van der Waals surface area contributed by atoms with Crippen molar-refractivity contribution in [1.82, 2.24) is 5.32 Å². The lowest BCUT2D eigenvalue weighted by Crippen LogP contribution is -2.42. The number of carboxylic acids is 1. The highest BCUT2D eigenvalue weighted by atomic mass is 19.4. The van der Waals surface area contributed by atoms with Gasteiger partial charge in [-0.15, -0.1) is 0 Å². The highest BCUT2D eigenvalue weighted by Gasteiger charge is 2.31. The minimum absolute atomic E-state index is 0.0353. The molecular formula is C41H34F6N2O4. The van der Waals surface area contributed by atoms with Gasteiger partial charge in [0.15, 0.2) is 0 Å². The topological polar surface area (TPSA) is 95.5 Å². The van der Waals surface area contributed by atoms with E-state index < -0.39 is 47.3 Å². The van der Waals surface area contributed by atoms with Gasteiger partial charge in [0.05, 0.1) is 22.4 Å². The highest BCUT2D eigenvalue weighted by Crippen LogP contribution is 2.33. The van der Waals surface area contributed by atoms with Gasteiger partial charge in [-0.1, -0.05) is 87.5 Å². The fourth-order valence-electron chi connectivity index (χ4n) is 5.55. The molecule has 3 N–H and O–H groups in total. The highest BCUT2D eigenvalue weighted by molar-refractivity contribution is 6.10. The van der Waals surface area contributed by atoms with Gasteiger partial charge in [-0.2, -0.15) is 26.3 Å². The number of aliphatic carboxylic acids is 1. The van der Waals surface area contributed by atoms with Crippen molar-refractivity contribution in [3.05, 3.63) is 149 Å². The van der Waals surface area contributed by atoms with Gasteiger partial charge in [0.25, 0.3) is 11.8 Å². The summed E-state index contributed by atoms with van der Waals surface area (Å²) in [4.78, 5) is 39.5. The molecule has 1 unspecified atom stereocenters. The van der Waals surface area contributed by atoms with E-state index in [4.69, 9.17) is 0 Å². The predicted octanol–water partition coefficient (Wildman–Crippen LogP) is 10.0. The van der Waals surface area contributed by atoms with E-state index in [0.29, 0.717) is 33.4 Å². The van der Waals surface area contributed by atoms with Crippen molar-refractivity contribution in [3.63, 3.8) is 0 Å². The maximum atomic E-state index is 13.8. The molecule has 5 rings (SSSR count). The first-order valence-corrected chi connectivity index (χ1v) is 16.3. The lowest BCUT2D eigenvalue weighted by molar-refractivity contribution is -0.139. The predicted molar refractivity (Wildman–Crippen MR) is 189 cm³/mol. The lowest BCUT2D eigenvalue weighted by Gasteiger charge is -2.19. The molecular weight excluding hydrogens is 698 g/mol. The molecule has 53 heavy (non-hydrogen) atoms. The number of amides is 2. The van der Waals surface area contributed by atoms with Crippen LogP contribution in [0.4, 0.5) is 32.0 Å². The molecule has 0 fully saturated rings. The number of rotatable bonds is 9. The molecule has 0 aromatic heterocycles. The third kappa shape index (κ3) is 9.50. The van der Waals surface area contributed by atoms with Crippen molar-refractivity contribution < 1.29 is 45.8 Å². The molecule has 0 aliphatic carbocycles. The summed E-state index contributed by atoms with van der Waals surface area (Å²) in [6.45, 7) is 6.07. The molecule has 2 amide bonds. The Kier molecular flexibility index (Phi) is 10.8. The van der Waals surface area contributed by atoms with Crippen molar-refractivity contribution in [1.29, 1.82) is 0 Å². The van der Waals surface area contributed by atoms with E-state index in [1.54, 1.807) is 36.4 Å². The van der Waals surface area contributed by atoms with Crippen LogP contribution in [0.15, 0.2) is 115 Å². The number of alkyl halides is 6. The van der Waals surface area contributed by atoms with Gasteiger partial charge in [-0.3, -0.25) is 9.59 Å². The molecule has 0 aliphatic heterocycles. The Labute approximate surface area is 301 Å². The summed E-state index contributed by atoms with van der Waals surface area (Å²) in [5.74, 6) is -2.79. The quantitative estimate of drug-likeness (QED) is 0.132. The van der Waals surface area contributed by atoms with E-state index >= 15 is 0 Å². The van der Waals surface area contributed by atoms with E-state index in [2.05, 4.69) is 10.6 Å². The molecule has 0 saturated carbocycles. The Bertz CT molecular complexity index is 2100. The number of benzene rings is 5. The lowest BCUT2D eigenvalue weighted by atomic mass is 9.86. The molecule has 0 aliphatic rings. The SMILES string of the molecule is CC(C)(C)c1ccc(C(=O)Nc2ccc(-c3ccc(C(F)(F)F)cc3)cc2C(=O)NC(Cc2ccc(-c3ccc(C(F)(F)F)cc3)cc2)C(=O)O)cc1. The van der Waals surface area contributed by atoms with Crippen LogP contribution in [0.1, 0.15) is 63.7 Å². The first-order valence-electron chi connectivity index (χ1n) is 16.3. The molecule has 0 spiro atoms. The number of carbonyl (C=O) groups is 3. The second kappa shape index (κ2) is 15.0. The van der Waals surface area contributed by atoms with Crippen LogP contribution in [0.5, 0.6) is 0 Å². The Morgan fingerprint density at radius 3 is 1.47 bits per heavy atom. The second-order valence-electron chi connectivity index (χ2n) is 13.5. The Morgan fingerprint density at radius 1 is 0.585 bits per heavy atom. The van der Waals surface area contributed by atoms with E-state index in [1.165, 1.54) is 42.5 Å². The van der Waals surface area contributed by atoms with Crippen LogP contribution in [0, 0.1) is 0 Å². The molecule has 12 heteroatoms. The minimum atomic E-state index is -4.56. The Balaban J connectivity index is 1.41. The summed E-state index contributed by atoms with van der Waals surface area (Å²) < 4.78 is 78.5. The zero-order chi connectivity index (χ0) is 38.7. The number of carboxylic acid groups (broad SMARTS) is 1. The number of hydrogen-bond donors (Lipinski definition) is 3. The Hall–Kier alpha value is -5.91. The van der Waals surface area contributed by atoms with Crippen molar-refractivity contribution in [2.24, 2.45) is 0 Å². The summed E-state index contributed by atoms with van der Waals surface area (Å²) in [6.07, 6.45) is -9.21. The third-order valence-corrected chi connectivity index (χ3v) is 8.61. The average Bonchev–Trinajstić information content (AvgIpc) is 3.10. The monoisotopic (exact) mass is 732 g/mol. The fourth-order valence-corrected chi connectivity index (χ4v) is 5.55. The second-order valence-corrected chi connectivity index (χ2v) is 13.5. The zero-order valence-electron chi connectivity index (χ0n) is 28.7. The third-order valence-electron chi connectivity index (χ3n) is 8.61. The van der Waals surface area contributed by atoms with E-state index in [-0.39, 0.29) is 23.1 Å². The van der Waals surface area contributed by atoms with E-state index in [1.807, 2.05) is 32.9 Å². The normalized spacial score (nSPS) is 12.5. The molecule has 0 saturated heterocycles. The molecule has 5 aromatic rings. The summed E-state index contributed by atoms with van der Waals surface area (Å²) in [5.41, 5.74) is 1.64. The van der Waals surface area contributed by atoms with Crippen LogP contribution in [0.3, 0.4) is 0 Å². The molecule has 6 nitrogen and oxygen atoms in total. The maximum Gasteiger partial charge on any atom is 0.416 e. The van der Waals surface area contributed by atoms with Crippen molar-refractivity contribution in [2.45, 2.75) is 51.0 Å².